The number of carbonyl (C=O) groups excluding carboxylic acids is 1. The van der Waals surface area contributed by atoms with Gasteiger partial charge in [-0.15, -0.1) is 0 Å². The van der Waals surface area contributed by atoms with Crippen molar-refractivity contribution in [2.75, 3.05) is 21.3 Å². The molecular formula is C18H18N2O3. The summed E-state index contributed by atoms with van der Waals surface area (Å²) in [6.45, 7) is 0.435. The highest BCUT2D eigenvalue weighted by Crippen LogP contribution is 2.31. The van der Waals surface area contributed by atoms with Gasteiger partial charge in [-0.2, -0.15) is 5.26 Å². The molecule has 2 aromatic rings. The number of carbonyl (C=O) groups is 1. The molecule has 118 valence electrons. The Labute approximate surface area is 135 Å². The van der Waals surface area contributed by atoms with Crippen molar-refractivity contribution in [2.45, 2.75) is 6.54 Å². The van der Waals surface area contributed by atoms with E-state index in [1.165, 1.54) is 14.2 Å². The SMILES string of the molecule is COc1cccc(C(=O)N(C)Cc2ccc(C#N)cc2)c1OC. The Morgan fingerprint density at radius 1 is 1.13 bits per heavy atom. The number of ether oxygens (including phenoxy) is 2. The highest BCUT2D eigenvalue weighted by atomic mass is 16.5. The Hall–Kier alpha value is -3.00. The topological polar surface area (TPSA) is 62.6 Å². The van der Waals surface area contributed by atoms with Crippen molar-refractivity contribution < 1.29 is 14.3 Å². The Balaban J connectivity index is 2.21. The molecule has 0 spiro atoms. The standard InChI is InChI=1S/C18H18N2O3/c1-20(12-14-9-7-13(11-19)8-10-14)18(21)15-5-4-6-16(22-2)17(15)23-3/h4-10H,12H2,1-3H3. The number of amides is 1. The first-order valence-corrected chi connectivity index (χ1v) is 7.06. The summed E-state index contributed by atoms with van der Waals surface area (Å²) in [4.78, 5) is 14.3. The summed E-state index contributed by atoms with van der Waals surface area (Å²) in [7, 11) is 4.77. The molecule has 0 fully saturated rings. The van der Waals surface area contributed by atoms with Crippen LogP contribution in [0.3, 0.4) is 0 Å². The molecule has 0 aliphatic carbocycles. The van der Waals surface area contributed by atoms with Gasteiger partial charge in [0.25, 0.3) is 5.91 Å². The van der Waals surface area contributed by atoms with Crippen LogP contribution in [0.15, 0.2) is 42.5 Å². The second-order valence-corrected chi connectivity index (χ2v) is 5.01. The fourth-order valence-corrected chi connectivity index (χ4v) is 2.29. The van der Waals surface area contributed by atoms with Gasteiger partial charge in [-0.3, -0.25) is 4.79 Å². The van der Waals surface area contributed by atoms with E-state index in [9.17, 15) is 4.79 Å². The van der Waals surface area contributed by atoms with Gasteiger partial charge in [-0.25, -0.2) is 0 Å². The second kappa shape index (κ2) is 7.32. The summed E-state index contributed by atoms with van der Waals surface area (Å²) in [5, 5.41) is 8.81. The monoisotopic (exact) mass is 310 g/mol. The van der Waals surface area contributed by atoms with Crippen molar-refractivity contribution in [1.29, 1.82) is 5.26 Å². The smallest absolute Gasteiger partial charge is 0.257 e. The third-order valence-corrected chi connectivity index (χ3v) is 3.48. The zero-order valence-electron chi connectivity index (χ0n) is 13.4. The van der Waals surface area contributed by atoms with E-state index >= 15 is 0 Å². The molecule has 0 N–H and O–H groups in total. The first-order valence-electron chi connectivity index (χ1n) is 7.06. The van der Waals surface area contributed by atoms with E-state index in [0.29, 0.717) is 29.2 Å². The third-order valence-electron chi connectivity index (χ3n) is 3.48. The van der Waals surface area contributed by atoms with Crippen LogP contribution in [0.5, 0.6) is 11.5 Å². The second-order valence-electron chi connectivity index (χ2n) is 5.01. The predicted molar refractivity (Wildman–Crippen MR) is 86.5 cm³/mol. The van der Waals surface area contributed by atoms with Crippen LogP contribution in [0.25, 0.3) is 0 Å². The fraction of sp³-hybridized carbons (Fsp3) is 0.222. The fourth-order valence-electron chi connectivity index (χ4n) is 2.29. The predicted octanol–water partition coefficient (Wildman–Crippen LogP) is 2.85. The molecule has 2 rings (SSSR count). The van der Waals surface area contributed by atoms with Gasteiger partial charge < -0.3 is 14.4 Å². The van der Waals surface area contributed by atoms with Crippen LogP contribution in [0, 0.1) is 11.3 Å². The zero-order valence-corrected chi connectivity index (χ0v) is 13.4. The molecule has 0 aliphatic heterocycles. The molecule has 0 saturated heterocycles. The summed E-state index contributed by atoms with van der Waals surface area (Å²) in [6, 6.07) is 14.4. The van der Waals surface area contributed by atoms with Crippen LogP contribution < -0.4 is 9.47 Å². The Kier molecular flexibility index (Phi) is 5.21. The van der Waals surface area contributed by atoms with E-state index in [1.54, 1.807) is 42.3 Å². The van der Waals surface area contributed by atoms with Crippen LogP contribution in [-0.4, -0.2) is 32.1 Å². The molecule has 0 atom stereocenters. The minimum atomic E-state index is -0.162. The van der Waals surface area contributed by atoms with Gasteiger partial charge in [-0.1, -0.05) is 18.2 Å². The number of para-hydroxylation sites is 1. The van der Waals surface area contributed by atoms with Crippen molar-refractivity contribution in [3.8, 4) is 17.6 Å². The van der Waals surface area contributed by atoms with Gasteiger partial charge in [0.1, 0.15) is 0 Å². The molecule has 0 radical (unpaired) electrons. The van der Waals surface area contributed by atoms with Gasteiger partial charge in [0.15, 0.2) is 11.5 Å². The Morgan fingerprint density at radius 3 is 2.39 bits per heavy atom. The molecule has 5 nitrogen and oxygen atoms in total. The Bertz CT molecular complexity index is 733. The molecule has 0 aliphatic rings. The molecule has 0 heterocycles. The minimum absolute atomic E-state index is 0.162. The van der Waals surface area contributed by atoms with Gasteiger partial charge in [-0.05, 0) is 29.8 Å². The molecule has 0 bridgehead atoms. The van der Waals surface area contributed by atoms with Crippen LogP contribution >= 0.6 is 0 Å². The summed E-state index contributed by atoms with van der Waals surface area (Å²) in [5.41, 5.74) is 1.99. The maximum absolute atomic E-state index is 12.7. The first kappa shape index (κ1) is 16.4. The van der Waals surface area contributed by atoms with Crippen molar-refractivity contribution >= 4 is 5.91 Å². The molecular weight excluding hydrogens is 292 g/mol. The van der Waals surface area contributed by atoms with Gasteiger partial charge in [0.05, 0.1) is 31.4 Å². The quantitative estimate of drug-likeness (QED) is 0.852. The lowest BCUT2D eigenvalue weighted by Crippen LogP contribution is -2.26. The zero-order chi connectivity index (χ0) is 16.8. The van der Waals surface area contributed by atoms with Crippen LogP contribution in [0.2, 0.25) is 0 Å². The Morgan fingerprint density at radius 2 is 1.83 bits per heavy atom. The highest BCUT2D eigenvalue weighted by molar-refractivity contribution is 5.97. The molecule has 1 amide bonds. The molecule has 5 heteroatoms. The third kappa shape index (κ3) is 3.61. The average Bonchev–Trinajstić information content (AvgIpc) is 2.60. The van der Waals surface area contributed by atoms with Crippen LogP contribution in [-0.2, 0) is 6.54 Å². The van der Waals surface area contributed by atoms with Crippen molar-refractivity contribution in [3.63, 3.8) is 0 Å². The minimum Gasteiger partial charge on any atom is -0.493 e. The lowest BCUT2D eigenvalue weighted by Gasteiger charge is -2.19. The van der Waals surface area contributed by atoms with E-state index in [1.807, 2.05) is 12.1 Å². The molecule has 0 saturated carbocycles. The lowest BCUT2D eigenvalue weighted by atomic mass is 10.1. The molecule has 0 unspecified atom stereocenters. The van der Waals surface area contributed by atoms with E-state index in [0.717, 1.165) is 5.56 Å². The number of hydrogen-bond acceptors (Lipinski definition) is 4. The highest BCUT2D eigenvalue weighted by Gasteiger charge is 2.19. The van der Waals surface area contributed by atoms with Crippen LogP contribution in [0.4, 0.5) is 0 Å². The normalized spacial score (nSPS) is 9.83. The number of nitriles is 1. The maximum atomic E-state index is 12.7. The molecule has 23 heavy (non-hydrogen) atoms. The van der Waals surface area contributed by atoms with Gasteiger partial charge >= 0.3 is 0 Å². The summed E-state index contributed by atoms with van der Waals surface area (Å²) in [5.74, 6) is 0.780. The molecule has 0 aromatic heterocycles. The van der Waals surface area contributed by atoms with Crippen molar-refractivity contribution in [3.05, 3.63) is 59.2 Å². The van der Waals surface area contributed by atoms with E-state index in [4.69, 9.17) is 14.7 Å². The largest absolute Gasteiger partial charge is 0.493 e. The van der Waals surface area contributed by atoms with Crippen molar-refractivity contribution in [1.82, 2.24) is 4.90 Å². The summed E-state index contributed by atoms with van der Waals surface area (Å²) in [6.07, 6.45) is 0. The van der Waals surface area contributed by atoms with Crippen molar-refractivity contribution in [2.24, 2.45) is 0 Å². The molecule has 2 aromatic carbocycles. The van der Waals surface area contributed by atoms with E-state index in [-0.39, 0.29) is 5.91 Å². The number of methoxy groups -OCH3 is 2. The number of nitrogens with zero attached hydrogens (tertiary/aromatic N) is 2. The summed E-state index contributed by atoms with van der Waals surface area (Å²) < 4.78 is 10.5. The van der Waals surface area contributed by atoms with E-state index < -0.39 is 0 Å². The number of benzene rings is 2. The van der Waals surface area contributed by atoms with Gasteiger partial charge in [0, 0.05) is 13.6 Å². The van der Waals surface area contributed by atoms with Gasteiger partial charge in [0.2, 0.25) is 0 Å². The van der Waals surface area contributed by atoms with E-state index in [2.05, 4.69) is 6.07 Å². The first-order chi connectivity index (χ1) is 11.1. The maximum Gasteiger partial charge on any atom is 0.257 e. The summed E-state index contributed by atoms with van der Waals surface area (Å²) >= 11 is 0. The number of rotatable bonds is 5. The average molecular weight is 310 g/mol. The van der Waals surface area contributed by atoms with Crippen LogP contribution in [0.1, 0.15) is 21.5 Å². The number of hydrogen-bond donors (Lipinski definition) is 0. The lowest BCUT2D eigenvalue weighted by molar-refractivity contribution is 0.0781.